The first-order chi connectivity index (χ1) is 17.4. The Kier molecular flexibility index (Phi) is 15.2. The Labute approximate surface area is 215 Å². The van der Waals surface area contributed by atoms with Crippen LogP contribution in [0.5, 0.6) is 5.75 Å². The van der Waals surface area contributed by atoms with Crippen LogP contribution in [0.4, 0.5) is 0 Å². The van der Waals surface area contributed by atoms with Crippen molar-refractivity contribution in [3.05, 3.63) is 101 Å². The average molecular weight is 490 g/mol. The minimum atomic E-state index is 0.488. The first-order valence-corrected chi connectivity index (χ1v) is 12.0. The van der Waals surface area contributed by atoms with E-state index in [0.717, 1.165) is 12.2 Å². The Balaban J connectivity index is 0.000000244. The molecule has 0 saturated heterocycles. The molecule has 0 atom stereocenters. The van der Waals surface area contributed by atoms with Gasteiger partial charge in [-0.25, -0.2) is 0 Å². The van der Waals surface area contributed by atoms with Crippen LogP contribution >= 0.6 is 0 Å². The Morgan fingerprint density at radius 1 is 0.778 bits per heavy atom. The topological polar surface area (TPSA) is 83.2 Å². The highest BCUT2D eigenvalue weighted by atomic mass is 16.5. The number of aryl methyl sites for hydroxylation is 4. The van der Waals surface area contributed by atoms with E-state index in [-0.39, 0.29) is 0 Å². The quantitative estimate of drug-likeness (QED) is 0.236. The monoisotopic (exact) mass is 489 g/mol. The van der Waals surface area contributed by atoms with Crippen LogP contribution in [-0.2, 0) is 16.0 Å². The summed E-state index contributed by atoms with van der Waals surface area (Å²) in [4.78, 5) is 22.4. The van der Waals surface area contributed by atoms with E-state index in [1.165, 1.54) is 33.3 Å². The van der Waals surface area contributed by atoms with Crippen LogP contribution in [0.3, 0.4) is 0 Å². The van der Waals surface area contributed by atoms with Gasteiger partial charge in [0.15, 0.2) is 0 Å². The second kappa shape index (κ2) is 18.3. The summed E-state index contributed by atoms with van der Waals surface area (Å²) in [5.74, 6) is 0.944. The molecular formula is C30H39N3O3. The van der Waals surface area contributed by atoms with Gasteiger partial charge in [0.05, 0.1) is 7.11 Å². The zero-order valence-electron chi connectivity index (χ0n) is 22.0. The van der Waals surface area contributed by atoms with Gasteiger partial charge in [-0.05, 0) is 68.5 Å². The molecule has 192 valence electrons. The number of methoxy groups -OCH3 is 1. The predicted octanol–water partition coefficient (Wildman–Crippen LogP) is 5.52. The minimum absolute atomic E-state index is 0.488. The van der Waals surface area contributed by atoms with E-state index in [0.29, 0.717) is 25.9 Å². The summed E-state index contributed by atoms with van der Waals surface area (Å²) in [6.45, 7) is 9.39. The summed E-state index contributed by atoms with van der Waals surface area (Å²) in [6.07, 6.45) is 2.25. The number of nitrogens with one attached hydrogen (secondary N) is 3. The fraction of sp³-hybridized carbons (Fsp3) is 0.267. The highest BCUT2D eigenvalue weighted by Crippen LogP contribution is 2.16. The molecule has 0 spiro atoms. The first kappa shape index (κ1) is 30.0. The highest BCUT2D eigenvalue weighted by Gasteiger charge is 1.95. The lowest BCUT2D eigenvalue weighted by molar-refractivity contribution is -0.111. The molecule has 0 fully saturated rings. The summed E-state index contributed by atoms with van der Waals surface area (Å²) in [5, 5.41) is 6.07. The van der Waals surface area contributed by atoms with Crippen molar-refractivity contribution in [2.45, 2.75) is 34.1 Å². The van der Waals surface area contributed by atoms with Gasteiger partial charge in [0.1, 0.15) is 5.75 Å². The summed E-state index contributed by atoms with van der Waals surface area (Å²) in [7, 11) is 1.69. The van der Waals surface area contributed by atoms with E-state index < -0.39 is 0 Å². The van der Waals surface area contributed by atoms with Crippen LogP contribution in [0.1, 0.15) is 29.3 Å². The fourth-order valence-electron chi connectivity index (χ4n) is 3.09. The van der Waals surface area contributed by atoms with Gasteiger partial charge in [-0.3, -0.25) is 9.59 Å². The van der Waals surface area contributed by atoms with E-state index in [1.54, 1.807) is 7.11 Å². The predicted molar refractivity (Wildman–Crippen MR) is 149 cm³/mol. The number of aromatic amines is 1. The van der Waals surface area contributed by atoms with Crippen molar-refractivity contribution in [3.63, 3.8) is 0 Å². The summed E-state index contributed by atoms with van der Waals surface area (Å²) in [5.41, 5.74) is 6.41. The largest absolute Gasteiger partial charge is 0.497 e. The van der Waals surface area contributed by atoms with Crippen molar-refractivity contribution < 1.29 is 14.3 Å². The number of carbonyl (C=O) groups excluding carboxylic acids is 2. The standard InChI is InChI=1S/C10H11N.C9H12O.C7H8.C4H8N2O2/c1-7-3-4-10-9(5-7)6-8(2)11-10;1-3-8-5-4-6-9(7-8)10-2;1-7-5-3-2-4-6-7;7-3-5-1-2-6-4-8/h3-6,11H,1-2H3;4-7H,3H2,1-2H3;2-6H,1H3;3-4H,1-2H2,(H,5,7)(H,6,8). The van der Waals surface area contributed by atoms with Crippen LogP contribution in [0.25, 0.3) is 10.9 Å². The van der Waals surface area contributed by atoms with Gasteiger partial charge in [-0.2, -0.15) is 0 Å². The van der Waals surface area contributed by atoms with Crippen molar-refractivity contribution in [3.8, 4) is 5.75 Å². The third-order valence-corrected chi connectivity index (χ3v) is 4.97. The van der Waals surface area contributed by atoms with E-state index >= 15 is 0 Å². The molecule has 4 rings (SSSR count). The molecule has 1 heterocycles. The number of aromatic nitrogens is 1. The van der Waals surface area contributed by atoms with Crippen LogP contribution in [0.2, 0.25) is 0 Å². The van der Waals surface area contributed by atoms with Crippen molar-refractivity contribution in [1.82, 2.24) is 15.6 Å². The average Bonchev–Trinajstić information content (AvgIpc) is 3.27. The maximum Gasteiger partial charge on any atom is 0.207 e. The number of rotatable bonds is 7. The summed E-state index contributed by atoms with van der Waals surface area (Å²) >= 11 is 0. The van der Waals surface area contributed by atoms with Crippen molar-refractivity contribution in [2.24, 2.45) is 0 Å². The van der Waals surface area contributed by atoms with E-state index in [2.05, 4.69) is 91.8 Å². The van der Waals surface area contributed by atoms with Gasteiger partial charge in [0.2, 0.25) is 12.8 Å². The number of benzene rings is 3. The Bertz CT molecular complexity index is 1110. The molecule has 0 saturated carbocycles. The van der Waals surface area contributed by atoms with Crippen LogP contribution in [0, 0.1) is 20.8 Å². The van der Waals surface area contributed by atoms with E-state index in [4.69, 9.17) is 4.74 Å². The lowest BCUT2D eigenvalue weighted by Crippen LogP contribution is -2.25. The molecule has 3 N–H and O–H groups in total. The third kappa shape index (κ3) is 13.0. The zero-order valence-corrected chi connectivity index (χ0v) is 22.0. The fourth-order valence-corrected chi connectivity index (χ4v) is 3.09. The molecule has 0 aliphatic heterocycles. The number of amides is 2. The Morgan fingerprint density at radius 3 is 1.97 bits per heavy atom. The van der Waals surface area contributed by atoms with Crippen molar-refractivity contribution >= 4 is 23.7 Å². The second-order valence-electron chi connectivity index (χ2n) is 8.05. The molecule has 4 aromatic rings. The third-order valence-electron chi connectivity index (χ3n) is 4.97. The van der Waals surface area contributed by atoms with Crippen molar-refractivity contribution in [1.29, 1.82) is 0 Å². The summed E-state index contributed by atoms with van der Waals surface area (Å²) < 4.78 is 5.06. The maximum absolute atomic E-state index is 9.54. The second-order valence-corrected chi connectivity index (χ2v) is 8.05. The number of carbonyl (C=O) groups is 2. The number of hydrogen-bond acceptors (Lipinski definition) is 3. The lowest BCUT2D eigenvalue weighted by Gasteiger charge is -2.00. The van der Waals surface area contributed by atoms with Gasteiger partial charge in [0.25, 0.3) is 0 Å². The normalized spacial score (nSPS) is 9.25. The molecule has 3 aromatic carbocycles. The van der Waals surface area contributed by atoms with Gasteiger partial charge in [-0.1, -0.05) is 66.6 Å². The smallest absolute Gasteiger partial charge is 0.207 e. The number of hydrogen-bond donors (Lipinski definition) is 3. The molecule has 0 radical (unpaired) electrons. The molecule has 6 nitrogen and oxygen atoms in total. The van der Waals surface area contributed by atoms with Gasteiger partial charge >= 0.3 is 0 Å². The molecule has 0 unspecified atom stereocenters. The molecule has 36 heavy (non-hydrogen) atoms. The molecule has 6 heteroatoms. The number of ether oxygens (including phenoxy) is 1. The summed E-state index contributed by atoms with van der Waals surface area (Å²) in [6, 6.07) is 27.0. The minimum Gasteiger partial charge on any atom is -0.497 e. The number of fused-ring (bicyclic) bond motifs is 1. The number of H-pyrrole nitrogens is 1. The SMILES string of the molecule is CCc1cccc(OC)c1.Cc1ccc2[nH]c(C)cc2c1.Cc1ccccc1.O=CNCCNC=O. The van der Waals surface area contributed by atoms with Gasteiger partial charge in [0, 0.05) is 24.3 Å². The van der Waals surface area contributed by atoms with Crippen molar-refractivity contribution in [2.75, 3.05) is 20.2 Å². The highest BCUT2D eigenvalue weighted by molar-refractivity contribution is 5.80. The Morgan fingerprint density at radius 2 is 1.44 bits per heavy atom. The van der Waals surface area contributed by atoms with Gasteiger partial charge in [-0.15, -0.1) is 0 Å². The molecule has 0 bridgehead atoms. The molecule has 0 aliphatic carbocycles. The van der Waals surface area contributed by atoms with Crippen LogP contribution in [0.15, 0.2) is 78.9 Å². The van der Waals surface area contributed by atoms with Gasteiger partial charge < -0.3 is 20.4 Å². The lowest BCUT2D eigenvalue weighted by atomic mass is 10.2. The Hall–Kier alpha value is -4.06. The zero-order chi connectivity index (χ0) is 26.6. The molecule has 1 aromatic heterocycles. The van der Waals surface area contributed by atoms with E-state index in [9.17, 15) is 9.59 Å². The van der Waals surface area contributed by atoms with Crippen LogP contribution in [-0.4, -0.2) is 38.0 Å². The maximum atomic E-state index is 9.54. The first-order valence-electron chi connectivity index (χ1n) is 12.0. The molecule has 0 aliphatic rings. The van der Waals surface area contributed by atoms with Crippen LogP contribution < -0.4 is 15.4 Å². The van der Waals surface area contributed by atoms with E-state index in [1.807, 2.05) is 30.3 Å². The molecular weight excluding hydrogens is 450 g/mol. The molecule has 2 amide bonds.